The maximum absolute atomic E-state index is 12.9. The maximum Gasteiger partial charge on any atom is 0.228 e. The predicted octanol–water partition coefficient (Wildman–Crippen LogP) is 2.82. The Bertz CT molecular complexity index is 723. The van der Waals surface area contributed by atoms with Crippen molar-refractivity contribution in [2.24, 2.45) is 17.8 Å². The Kier molecular flexibility index (Phi) is 5.85. The molecule has 0 spiro atoms. The minimum absolute atomic E-state index is 0.000971. The van der Waals surface area contributed by atoms with Crippen LogP contribution in [0.1, 0.15) is 58.8 Å². The van der Waals surface area contributed by atoms with Crippen LogP contribution < -0.4 is 15.1 Å². The van der Waals surface area contributed by atoms with Crippen molar-refractivity contribution in [1.29, 1.82) is 0 Å². The number of amides is 2. The van der Waals surface area contributed by atoms with E-state index >= 15 is 0 Å². The van der Waals surface area contributed by atoms with E-state index in [2.05, 4.69) is 34.3 Å². The number of carbonyl (C=O) groups excluding carboxylic acids is 2. The van der Waals surface area contributed by atoms with Crippen LogP contribution in [0.15, 0.2) is 0 Å². The molecule has 154 valence electrons. The average Bonchev–Trinajstić information content (AvgIpc) is 3.34. The molecule has 1 aromatic rings. The molecule has 1 aliphatic carbocycles. The highest BCUT2D eigenvalue weighted by Crippen LogP contribution is 2.33. The lowest BCUT2D eigenvalue weighted by Crippen LogP contribution is -2.49. The first-order valence-corrected chi connectivity index (χ1v) is 11.5. The number of aromatic nitrogens is 2. The summed E-state index contributed by atoms with van der Waals surface area (Å²) in [5.41, 5.74) is 0. The number of nitrogens with zero attached hydrogens (tertiary/aromatic N) is 4. The van der Waals surface area contributed by atoms with Crippen LogP contribution in [0.4, 0.5) is 10.3 Å². The molecule has 2 saturated heterocycles. The zero-order valence-electron chi connectivity index (χ0n) is 16.9. The number of piperidine rings is 1. The number of hydrogen-bond donors (Lipinski definition) is 1. The summed E-state index contributed by atoms with van der Waals surface area (Å²) in [6, 6.07) is 0.306. The molecule has 28 heavy (non-hydrogen) atoms. The van der Waals surface area contributed by atoms with Crippen molar-refractivity contribution in [3.05, 3.63) is 0 Å². The third kappa shape index (κ3) is 4.02. The summed E-state index contributed by atoms with van der Waals surface area (Å²) in [4.78, 5) is 28.8. The minimum Gasteiger partial charge on any atom is -0.353 e. The predicted molar refractivity (Wildman–Crippen MR) is 111 cm³/mol. The van der Waals surface area contributed by atoms with E-state index in [0.717, 1.165) is 43.9 Å². The number of hydrogen-bond acceptors (Lipinski definition) is 6. The van der Waals surface area contributed by atoms with Crippen LogP contribution in [0.25, 0.3) is 0 Å². The van der Waals surface area contributed by atoms with E-state index in [1.165, 1.54) is 24.2 Å². The van der Waals surface area contributed by atoms with Crippen LogP contribution in [-0.2, 0) is 9.59 Å². The second-order valence-corrected chi connectivity index (χ2v) is 9.62. The molecule has 7 nitrogen and oxygen atoms in total. The Morgan fingerprint density at radius 2 is 1.89 bits per heavy atom. The maximum atomic E-state index is 12.9. The van der Waals surface area contributed by atoms with Gasteiger partial charge in [-0.05, 0) is 37.5 Å². The van der Waals surface area contributed by atoms with Gasteiger partial charge in [0.05, 0.1) is 5.92 Å². The molecule has 0 bridgehead atoms. The number of rotatable bonds is 4. The van der Waals surface area contributed by atoms with Crippen LogP contribution in [0.2, 0.25) is 0 Å². The molecule has 4 atom stereocenters. The van der Waals surface area contributed by atoms with Gasteiger partial charge in [-0.2, -0.15) is 0 Å². The monoisotopic (exact) mass is 405 g/mol. The molecule has 3 fully saturated rings. The Morgan fingerprint density at radius 1 is 1.07 bits per heavy atom. The van der Waals surface area contributed by atoms with E-state index in [-0.39, 0.29) is 17.7 Å². The number of nitrogens with one attached hydrogen (secondary N) is 1. The molecule has 4 rings (SSSR count). The molecular weight excluding hydrogens is 374 g/mol. The Morgan fingerprint density at radius 3 is 2.68 bits per heavy atom. The fourth-order valence-electron chi connectivity index (χ4n) is 4.75. The first kappa shape index (κ1) is 19.6. The van der Waals surface area contributed by atoms with Gasteiger partial charge in [0.1, 0.15) is 0 Å². The summed E-state index contributed by atoms with van der Waals surface area (Å²) < 4.78 is 0. The number of anilines is 2. The lowest BCUT2D eigenvalue weighted by Gasteiger charge is -2.37. The largest absolute Gasteiger partial charge is 0.353 e. The summed E-state index contributed by atoms with van der Waals surface area (Å²) in [6.07, 6.45) is 6.95. The van der Waals surface area contributed by atoms with Crippen molar-refractivity contribution in [3.63, 3.8) is 0 Å². The van der Waals surface area contributed by atoms with Crippen LogP contribution in [0.5, 0.6) is 0 Å². The Labute approximate surface area is 170 Å². The highest BCUT2D eigenvalue weighted by Gasteiger charge is 2.33. The SMILES string of the molecule is C[C@H]1[C@H](C)CCC[C@@H]1NC(=O)[C@H]1CCCN(c2nnc(N3CCCC3=O)s2)C1. The minimum atomic E-state index is -0.000971. The first-order chi connectivity index (χ1) is 13.5. The van der Waals surface area contributed by atoms with Crippen molar-refractivity contribution in [2.45, 2.75) is 64.8 Å². The van der Waals surface area contributed by atoms with E-state index in [4.69, 9.17) is 0 Å². The third-order valence-corrected chi connectivity index (χ3v) is 7.81. The van der Waals surface area contributed by atoms with Crippen LogP contribution in [0, 0.1) is 17.8 Å². The van der Waals surface area contributed by atoms with Crippen molar-refractivity contribution >= 4 is 33.4 Å². The first-order valence-electron chi connectivity index (χ1n) is 10.7. The van der Waals surface area contributed by atoms with Gasteiger partial charge in [0.25, 0.3) is 0 Å². The van der Waals surface area contributed by atoms with Crippen LogP contribution in [-0.4, -0.2) is 47.7 Å². The van der Waals surface area contributed by atoms with E-state index in [9.17, 15) is 9.59 Å². The van der Waals surface area contributed by atoms with E-state index in [1.807, 2.05) is 0 Å². The Balaban J connectivity index is 1.37. The smallest absolute Gasteiger partial charge is 0.228 e. The van der Waals surface area contributed by atoms with Crippen molar-refractivity contribution in [2.75, 3.05) is 29.4 Å². The van der Waals surface area contributed by atoms with E-state index in [1.54, 1.807) is 4.90 Å². The molecule has 0 unspecified atom stereocenters. The van der Waals surface area contributed by atoms with Gasteiger partial charge in [-0.1, -0.05) is 38.0 Å². The summed E-state index contributed by atoms with van der Waals surface area (Å²) in [5.74, 6) is 1.54. The normalized spacial score (nSPS) is 31.3. The molecule has 2 aliphatic heterocycles. The van der Waals surface area contributed by atoms with E-state index < -0.39 is 0 Å². The molecule has 1 saturated carbocycles. The standard InChI is InChI=1S/C20H31N5O2S/c1-13-6-3-8-16(14(13)2)21-18(27)15-7-4-10-24(12-15)19-22-23-20(28-19)25-11-5-9-17(25)26/h13-16H,3-12H2,1-2H3,(H,21,27)/t13-,14+,15+,16+/m1/s1. The molecule has 0 radical (unpaired) electrons. The summed E-state index contributed by atoms with van der Waals surface area (Å²) >= 11 is 1.47. The third-order valence-electron chi connectivity index (χ3n) is 6.81. The highest BCUT2D eigenvalue weighted by atomic mass is 32.1. The summed E-state index contributed by atoms with van der Waals surface area (Å²) in [7, 11) is 0. The van der Waals surface area contributed by atoms with E-state index in [0.29, 0.717) is 36.0 Å². The van der Waals surface area contributed by atoms with Gasteiger partial charge in [0.2, 0.25) is 22.1 Å². The Hall–Kier alpha value is -1.70. The fraction of sp³-hybridized carbons (Fsp3) is 0.800. The van der Waals surface area contributed by atoms with Gasteiger partial charge in [0.15, 0.2) is 0 Å². The van der Waals surface area contributed by atoms with Crippen molar-refractivity contribution in [3.8, 4) is 0 Å². The second-order valence-electron chi connectivity index (χ2n) is 8.68. The number of carbonyl (C=O) groups is 2. The quantitative estimate of drug-likeness (QED) is 0.833. The lowest BCUT2D eigenvalue weighted by atomic mass is 9.78. The van der Waals surface area contributed by atoms with Gasteiger partial charge in [-0.15, -0.1) is 10.2 Å². The van der Waals surface area contributed by atoms with Crippen LogP contribution in [0.3, 0.4) is 0 Å². The van der Waals surface area contributed by atoms with Crippen molar-refractivity contribution in [1.82, 2.24) is 15.5 Å². The van der Waals surface area contributed by atoms with Gasteiger partial charge in [-0.25, -0.2) is 0 Å². The zero-order chi connectivity index (χ0) is 19.7. The molecule has 0 aromatic carbocycles. The summed E-state index contributed by atoms with van der Waals surface area (Å²) in [6.45, 7) is 6.87. The average molecular weight is 406 g/mol. The molecule has 1 N–H and O–H groups in total. The molecule has 2 amide bonds. The molecule has 3 aliphatic rings. The fourth-order valence-corrected chi connectivity index (χ4v) is 5.67. The summed E-state index contributed by atoms with van der Waals surface area (Å²) in [5, 5.41) is 13.4. The van der Waals surface area contributed by atoms with Gasteiger partial charge >= 0.3 is 0 Å². The zero-order valence-corrected chi connectivity index (χ0v) is 17.7. The topological polar surface area (TPSA) is 78.4 Å². The second kappa shape index (κ2) is 8.35. The molecule has 1 aromatic heterocycles. The van der Waals surface area contributed by atoms with Crippen LogP contribution >= 0.6 is 11.3 Å². The lowest BCUT2D eigenvalue weighted by molar-refractivity contribution is -0.126. The van der Waals surface area contributed by atoms with Gasteiger partial charge < -0.3 is 10.2 Å². The molecule has 3 heterocycles. The molecular formula is C20H31N5O2S. The van der Waals surface area contributed by atoms with Gasteiger partial charge in [-0.3, -0.25) is 14.5 Å². The highest BCUT2D eigenvalue weighted by molar-refractivity contribution is 7.19. The molecule has 8 heteroatoms. The van der Waals surface area contributed by atoms with Gasteiger partial charge in [0, 0.05) is 32.1 Å². The van der Waals surface area contributed by atoms with Crippen molar-refractivity contribution < 1.29 is 9.59 Å².